The molecule has 1 aromatic carbocycles. The van der Waals surface area contributed by atoms with Crippen molar-refractivity contribution in [2.75, 3.05) is 16.4 Å². The predicted octanol–water partition coefficient (Wildman–Crippen LogP) is 5.47. The molecule has 0 unspecified atom stereocenters. The van der Waals surface area contributed by atoms with Gasteiger partial charge < -0.3 is 10.6 Å². The van der Waals surface area contributed by atoms with Gasteiger partial charge >= 0.3 is 0 Å². The number of amides is 2. The Kier molecular flexibility index (Phi) is 6.90. The quantitative estimate of drug-likeness (QED) is 0.329. The largest absolute Gasteiger partial charge is 0.326 e. The van der Waals surface area contributed by atoms with Gasteiger partial charge in [0, 0.05) is 28.6 Å². The first-order valence-electron chi connectivity index (χ1n) is 11.2. The average Bonchev–Trinajstić information content (AvgIpc) is 3.34. The third-order valence-corrected chi connectivity index (χ3v) is 7.66. The van der Waals surface area contributed by atoms with Gasteiger partial charge in [-0.05, 0) is 44.0 Å². The third kappa shape index (κ3) is 4.65. The molecule has 2 N–H and O–H groups in total. The predicted molar refractivity (Wildman–Crippen MR) is 139 cm³/mol. The fraction of sp³-hybridized carbons (Fsp3) is 0.375. The number of carbonyl (C=O) groups is 2. The minimum Gasteiger partial charge on any atom is -0.326 e. The van der Waals surface area contributed by atoms with Crippen LogP contribution in [0.2, 0.25) is 0 Å². The lowest BCUT2D eigenvalue weighted by molar-refractivity contribution is -0.116. The van der Waals surface area contributed by atoms with E-state index in [9.17, 15) is 9.59 Å². The van der Waals surface area contributed by atoms with Crippen molar-refractivity contribution in [2.45, 2.75) is 59.0 Å². The zero-order valence-corrected chi connectivity index (χ0v) is 21.8. The fourth-order valence-corrected chi connectivity index (χ4v) is 5.40. The number of anilines is 2. The molecule has 34 heavy (non-hydrogen) atoms. The molecule has 0 saturated heterocycles. The van der Waals surface area contributed by atoms with Crippen molar-refractivity contribution in [1.82, 2.24) is 19.6 Å². The first-order valence-corrected chi connectivity index (χ1v) is 13.0. The Morgan fingerprint density at radius 3 is 2.59 bits per heavy atom. The summed E-state index contributed by atoms with van der Waals surface area (Å²) in [5.74, 6) is 0.985. The van der Waals surface area contributed by atoms with E-state index in [1.54, 1.807) is 24.3 Å². The maximum absolute atomic E-state index is 12.7. The molecular formula is C24H28N6O2S2. The third-order valence-electron chi connectivity index (χ3n) is 5.63. The standard InChI is InChI=1S/C24H28N6O2S2/c1-7-18(31)26-17-10-16(9-8-13(17)4)25-19(32)11-33-24-29-28-22-20-14(5)15(6)34-23(20)27-21(12(2)3)30(22)24/h8-10,12H,7,11H2,1-6H3,(H,25,32)(H,26,31). The van der Waals surface area contributed by atoms with Crippen molar-refractivity contribution in [1.29, 1.82) is 0 Å². The Morgan fingerprint density at radius 2 is 1.88 bits per heavy atom. The molecule has 0 spiro atoms. The van der Waals surface area contributed by atoms with Crippen molar-refractivity contribution in [3.05, 3.63) is 40.0 Å². The SMILES string of the molecule is CCC(=O)Nc1cc(NC(=O)CSc2nnc3c4c(C)c(C)sc4nc(C(C)C)n23)ccc1C. The highest BCUT2D eigenvalue weighted by Gasteiger charge is 2.21. The monoisotopic (exact) mass is 496 g/mol. The highest BCUT2D eigenvalue weighted by Crippen LogP contribution is 2.34. The number of carbonyl (C=O) groups excluding carboxylic acids is 2. The smallest absolute Gasteiger partial charge is 0.234 e. The number of hydrogen-bond acceptors (Lipinski definition) is 7. The Morgan fingerprint density at radius 1 is 1.12 bits per heavy atom. The second kappa shape index (κ2) is 9.71. The van der Waals surface area contributed by atoms with E-state index in [0.29, 0.717) is 23.0 Å². The number of hydrogen-bond donors (Lipinski definition) is 2. The van der Waals surface area contributed by atoms with Gasteiger partial charge in [-0.2, -0.15) is 0 Å². The van der Waals surface area contributed by atoms with E-state index in [-0.39, 0.29) is 23.5 Å². The van der Waals surface area contributed by atoms with Gasteiger partial charge in [-0.1, -0.05) is 38.6 Å². The number of thiophene rings is 1. The maximum Gasteiger partial charge on any atom is 0.234 e. The molecule has 3 heterocycles. The van der Waals surface area contributed by atoms with Gasteiger partial charge in [0.2, 0.25) is 11.8 Å². The second-order valence-electron chi connectivity index (χ2n) is 8.50. The minimum absolute atomic E-state index is 0.0689. The van der Waals surface area contributed by atoms with Gasteiger partial charge in [0.05, 0.1) is 11.1 Å². The molecule has 0 aliphatic rings. The topological polar surface area (TPSA) is 101 Å². The number of nitrogens with one attached hydrogen (secondary N) is 2. The van der Waals surface area contributed by atoms with Gasteiger partial charge in [-0.25, -0.2) is 4.98 Å². The summed E-state index contributed by atoms with van der Waals surface area (Å²) < 4.78 is 1.98. The van der Waals surface area contributed by atoms with Crippen molar-refractivity contribution in [3.8, 4) is 0 Å². The normalized spacial score (nSPS) is 11.5. The molecule has 178 valence electrons. The molecule has 0 saturated carbocycles. The molecule has 0 bridgehead atoms. The van der Waals surface area contributed by atoms with Crippen LogP contribution in [0.15, 0.2) is 23.4 Å². The van der Waals surface area contributed by atoms with Crippen LogP contribution < -0.4 is 10.6 Å². The highest BCUT2D eigenvalue weighted by atomic mass is 32.2. The lowest BCUT2D eigenvalue weighted by atomic mass is 10.1. The van der Waals surface area contributed by atoms with E-state index in [4.69, 9.17) is 4.98 Å². The number of aromatic nitrogens is 4. The fourth-order valence-electron chi connectivity index (χ4n) is 3.62. The molecule has 4 rings (SSSR count). The summed E-state index contributed by atoms with van der Waals surface area (Å²) in [6, 6.07) is 5.47. The molecule has 2 amide bonds. The number of fused-ring (bicyclic) bond motifs is 3. The van der Waals surface area contributed by atoms with E-state index in [2.05, 4.69) is 48.5 Å². The zero-order chi connectivity index (χ0) is 24.6. The summed E-state index contributed by atoms with van der Waals surface area (Å²) in [5.41, 5.74) is 4.21. The van der Waals surface area contributed by atoms with Gasteiger partial charge in [-0.15, -0.1) is 21.5 Å². The van der Waals surface area contributed by atoms with Crippen LogP contribution >= 0.6 is 23.1 Å². The summed E-state index contributed by atoms with van der Waals surface area (Å²) in [5, 5.41) is 16.3. The van der Waals surface area contributed by atoms with E-state index in [1.807, 2.05) is 23.5 Å². The van der Waals surface area contributed by atoms with Crippen LogP contribution in [0.5, 0.6) is 0 Å². The van der Waals surface area contributed by atoms with Gasteiger partial charge in [0.15, 0.2) is 10.8 Å². The van der Waals surface area contributed by atoms with Crippen LogP contribution in [0.1, 0.15) is 54.9 Å². The van der Waals surface area contributed by atoms with Gasteiger partial charge in [0.25, 0.3) is 0 Å². The molecule has 0 fully saturated rings. The lowest BCUT2D eigenvalue weighted by Crippen LogP contribution is -2.16. The summed E-state index contributed by atoms with van der Waals surface area (Å²) in [7, 11) is 0. The van der Waals surface area contributed by atoms with Crippen molar-refractivity contribution in [3.63, 3.8) is 0 Å². The van der Waals surface area contributed by atoms with Crippen LogP contribution in [0.4, 0.5) is 11.4 Å². The van der Waals surface area contributed by atoms with Crippen LogP contribution in [-0.4, -0.2) is 37.1 Å². The Labute approximate surface area is 206 Å². The summed E-state index contributed by atoms with van der Waals surface area (Å²) in [4.78, 5) is 31.6. The highest BCUT2D eigenvalue weighted by molar-refractivity contribution is 7.99. The van der Waals surface area contributed by atoms with Gasteiger partial charge in [-0.3, -0.25) is 14.0 Å². The van der Waals surface area contributed by atoms with E-state index in [1.165, 1.54) is 22.2 Å². The molecule has 0 atom stereocenters. The van der Waals surface area contributed by atoms with Crippen LogP contribution in [-0.2, 0) is 9.59 Å². The Hall–Kier alpha value is -2.98. The Bertz CT molecular complexity index is 1410. The molecular weight excluding hydrogens is 468 g/mol. The number of aryl methyl sites for hydroxylation is 3. The van der Waals surface area contributed by atoms with Crippen LogP contribution in [0, 0.1) is 20.8 Å². The first kappa shape index (κ1) is 24.2. The Balaban J connectivity index is 1.56. The van der Waals surface area contributed by atoms with Crippen molar-refractivity contribution < 1.29 is 9.59 Å². The molecule has 10 heteroatoms. The number of benzene rings is 1. The molecule has 8 nitrogen and oxygen atoms in total. The summed E-state index contributed by atoms with van der Waals surface area (Å²) in [6.45, 7) is 12.1. The van der Waals surface area contributed by atoms with Crippen LogP contribution in [0.3, 0.4) is 0 Å². The number of thioether (sulfide) groups is 1. The first-order chi connectivity index (χ1) is 16.2. The second-order valence-corrected chi connectivity index (χ2v) is 10.6. The zero-order valence-electron chi connectivity index (χ0n) is 20.1. The van der Waals surface area contributed by atoms with Crippen molar-refractivity contribution in [2.24, 2.45) is 0 Å². The maximum atomic E-state index is 12.7. The van der Waals surface area contributed by atoms with Crippen LogP contribution in [0.25, 0.3) is 15.9 Å². The number of rotatable bonds is 7. The van der Waals surface area contributed by atoms with E-state index in [0.717, 1.165) is 27.3 Å². The molecule has 4 aromatic rings. The molecule has 3 aromatic heterocycles. The summed E-state index contributed by atoms with van der Waals surface area (Å²) in [6.07, 6.45) is 0.392. The minimum atomic E-state index is -0.166. The molecule has 0 radical (unpaired) electrons. The van der Waals surface area contributed by atoms with Crippen molar-refractivity contribution >= 4 is 62.2 Å². The average molecular weight is 497 g/mol. The van der Waals surface area contributed by atoms with E-state index < -0.39 is 0 Å². The van der Waals surface area contributed by atoms with Gasteiger partial charge in [0.1, 0.15) is 10.7 Å². The lowest BCUT2D eigenvalue weighted by Gasteiger charge is -2.12. The molecule has 0 aliphatic carbocycles. The van der Waals surface area contributed by atoms with E-state index >= 15 is 0 Å². The molecule has 0 aliphatic heterocycles. The number of nitrogens with zero attached hydrogens (tertiary/aromatic N) is 4. The summed E-state index contributed by atoms with van der Waals surface area (Å²) >= 11 is 3.00.